The molecule has 0 spiro atoms. The fourth-order valence-electron chi connectivity index (χ4n) is 4.98. The summed E-state index contributed by atoms with van der Waals surface area (Å²) in [6.45, 7) is 2.44. The van der Waals surface area contributed by atoms with E-state index in [1.807, 2.05) is 13.1 Å². The van der Waals surface area contributed by atoms with E-state index in [-0.39, 0.29) is 0 Å². The third kappa shape index (κ3) is 3.52. The van der Waals surface area contributed by atoms with Crippen molar-refractivity contribution in [3.63, 3.8) is 0 Å². The fourth-order valence-corrected chi connectivity index (χ4v) is 4.98. The standard InChI is InChI=1S/C22H31N3O/c1-24(20-10-4-5-11-21(20)25-14-6-7-15-25)22(26)13-12-17-16-23-19-9-3-2-8-18(17)19/h2-3,8-9,16,20-21,23H,4-7,10-15H2,1H3. The number of aromatic amines is 1. The Morgan fingerprint density at radius 1 is 1.15 bits per heavy atom. The van der Waals surface area contributed by atoms with Gasteiger partial charge in [-0.2, -0.15) is 0 Å². The molecule has 1 aliphatic carbocycles. The predicted octanol–water partition coefficient (Wildman–Crippen LogP) is 3.97. The Hall–Kier alpha value is -1.81. The summed E-state index contributed by atoms with van der Waals surface area (Å²) in [7, 11) is 2.04. The first-order chi connectivity index (χ1) is 12.7. The van der Waals surface area contributed by atoms with Crippen LogP contribution in [-0.2, 0) is 11.2 Å². The molecule has 1 saturated heterocycles. The molecule has 1 aromatic heterocycles. The van der Waals surface area contributed by atoms with Gasteiger partial charge in [0, 0.05) is 42.7 Å². The largest absolute Gasteiger partial charge is 0.361 e. The minimum atomic E-state index is 0.298. The normalized spacial score (nSPS) is 24.2. The van der Waals surface area contributed by atoms with Crippen LogP contribution in [-0.4, -0.2) is 52.9 Å². The maximum absolute atomic E-state index is 12.9. The van der Waals surface area contributed by atoms with Gasteiger partial charge in [-0.3, -0.25) is 9.69 Å². The number of amides is 1. The molecule has 2 fully saturated rings. The number of aromatic nitrogens is 1. The zero-order chi connectivity index (χ0) is 17.9. The summed E-state index contributed by atoms with van der Waals surface area (Å²) in [6, 6.07) is 9.32. The number of carbonyl (C=O) groups is 1. The molecule has 26 heavy (non-hydrogen) atoms. The van der Waals surface area contributed by atoms with E-state index in [0.717, 1.165) is 18.4 Å². The Bertz CT molecular complexity index is 747. The van der Waals surface area contributed by atoms with E-state index in [4.69, 9.17) is 0 Å². The van der Waals surface area contributed by atoms with Gasteiger partial charge in [0.1, 0.15) is 0 Å². The number of likely N-dealkylation sites (tertiary alicyclic amines) is 1. The smallest absolute Gasteiger partial charge is 0.222 e. The molecule has 1 aliphatic heterocycles. The van der Waals surface area contributed by atoms with E-state index in [0.29, 0.717) is 24.4 Å². The number of rotatable bonds is 5. The third-order valence-electron chi connectivity index (χ3n) is 6.48. The average molecular weight is 354 g/mol. The lowest BCUT2D eigenvalue weighted by molar-refractivity contribution is -0.134. The first kappa shape index (κ1) is 17.6. The van der Waals surface area contributed by atoms with Gasteiger partial charge in [-0.05, 0) is 56.8 Å². The number of carbonyl (C=O) groups excluding carboxylic acids is 1. The molecule has 4 heteroatoms. The Balaban J connectivity index is 1.40. The van der Waals surface area contributed by atoms with Crippen molar-refractivity contribution in [3.05, 3.63) is 36.0 Å². The molecule has 1 N–H and O–H groups in total. The van der Waals surface area contributed by atoms with Crippen LogP contribution in [0.5, 0.6) is 0 Å². The lowest BCUT2D eigenvalue weighted by atomic mass is 9.88. The van der Waals surface area contributed by atoms with Crippen molar-refractivity contribution in [2.24, 2.45) is 0 Å². The van der Waals surface area contributed by atoms with Crippen molar-refractivity contribution in [2.45, 2.75) is 63.5 Å². The lowest BCUT2D eigenvalue weighted by Gasteiger charge is -2.42. The number of hydrogen-bond donors (Lipinski definition) is 1. The highest BCUT2D eigenvalue weighted by molar-refractivity contribution is 5.84. The van der Waals surface area contributed by atoms with Gasteiger partial charge in [-0.15, -0.1) is 0 Å². The number of benzene rings is 1. The number of hydrogen-bond acceptors (Lipinski definition) is 2. The minimum absolute atomic E-state index is 0.298. The Kier molecular flexibility index (Phi) is 5.30. The van der Waals surface area contributed by atoms with Gasteiger partial charge in [-0.25, -0.2) is 0 Å². The molecule has 2 atom stereocenters. The Labute approximate surface area is 156 Å². The summed E-state index contributed by atoms with van der Waals surface area (Å²) in [4.78, 5) is 21.0. The van der Waals surface area contributed by atoms with Gasteiger partial charge in [0.25, 0.3) is 0 Å². The van der Waals surface area contributed by atoms with Crippen LogP contribution < -0.4 is 0 Å². The number of likely N-dealkylation sites (N-methyl/N-ethyl adjacent to an activating group) is 1. The van der Waals surface area contributed by atoms with Gasteiger partial charge in [0.2, 0.25) is 5.91 Å². The summed E-state index contributed by atoms with van der Waals surface area (Å²) < 4.78 is 0. The molecule has 4 nitrogen and oxygen atoms in total. The second-order valence-corrected chi connectivity index (χ2v) is 8.03. The molecular weight excluding hydrogens is 322 g/mol. The van der Waals surface area contributed by atoms with E-state index in [9.17, 15) is 4.79 Å². The maximum atomic E-state index is 12.9. The molecule has 2 aromatic rings. The number of nitrogens with zero attached hydrogens (tertiary/aromatic N) is 2. The predicted molar refractivity (Wildman–Crippen MR) is 106 cm³/mol. The van der Waals surface area contributed by atoms with Gasteiger partial charge in [0.15, 0.2) is 0 Å². The Morgan fingerprint density at radius 3 is 2.77 bits per heavy atom. The van der Waals surface area contributed by atoms with Crippen LogP contribution in [0.2, 0.25) is 0 Å². The second-order valence-electron chi connectivity index (χ2n) is 8.03. The average Bonchev–Trinajstić information content (AvgIpc) is 3.35. The second kappa shape index (κ2) is 7.83. The first-order valence-corrected chi connectivity index (χ1v) is 10.3. The highest BCUT2D eigenvalue weighted by Crippen LogP contribution is 2.29. The molecule has 1 aromatic carbocycles. The summed E-state index contributed by atoms with van der Waals surface area (Å²) in [5.41, 5.74) is 2.41. The quantitative estimate of drug-likeness (QED) is 0.883. The molecule has 4 rings (SSSR count). The molecular formula is C22H31N3O. The van der Waals surface area contributed by atoms with Crippen LogP contribution in [0.25, 0.3) is 10.9 Å². The lowest BCUT2D eigenvalue weighted by Crippen LogP contribution is -2.53. The highest BCUT2D eigenvalue weighted by Gasteiger charge is 2.35. The van der Waals surface area contributed by atoms with E-state index < -0.39 is 0 Å². The fraction of sp³-hybridized carbons (Fsp3) is 0.591. The molecule has 0 bridgehead atoms. The van der Waals surface area contributed by atoms with E-state index in [2.05, 4.69) is 39.2 Å². The molecule has 2 unspecified atom stereocenters. The van der Waals surface area contributed by atoms with Gasteiger partial charge < -0.3 is 9.88 Å². The van der Waals surface area contributed by atoms with Gasteiger partial charge >= 0.3 is 0 Å². The molecule has 2 heterocycles. The molecule has 0 radical (unpaired) electrons. The van der Waals surface area contributed by atoms with Crippen LogP contribution in [0.15, 0.2) is 30.5 Å². The van der Waals surface area contributed by atoms with Crippen molar-refractivity contribution in [3.8, 4) is 0 Å². The summed E-state index contributed by atoms with van der Waals surface area (Å²) >= 11 is 0. The van der Waals surface area contributed by atoms with Gasteiger partial charge in [-0.1, -0.05) is 31.0 Å². The minimum Gasteiger partial charge on any atom is -0.361 e. The molecule has 2 aliphatic rings. The van der Waals surface area contributed by atoms with E-state index in [1.54, 1.807) is 0 Å². The van der Waals surface area contributed by atoms with Crippen molar-refractivity contribution in [1.29, 1.82) is 0 Å². The van der Waals surface area contributed by atoms with Crippen LogP contribution in [0.3, 0.4) is 0 Å². The Morgan fingerprint density at radius 2 is 1.92 bits per heavy atom. The molecule has 1 saturated carbocycles. The van der Waals surface area contributed by atoms with Crippen molar-refractivity contribution in [2.75, 3.05) is 20.1 Å². The zero-order valence-electron chi connectivity index (χ0n) is 15.9. The van der Waals surface area contributed by atoms with E-state index in [1.165, 1.54) is 56.1 Å². The topological polar surface area (TPSA) is 39.3 Å². The van der Waals surface area contributed by atoms with Crippen LogP contribution in [0, 0.1) is 0 Å². The first-order valence-electron chi connectivity index (χ1n) is 10.3. The van der Waals surface area contributed by atoms with Crippen molar-refractivity contribution in [1.82, 2.24) is 14.8 Å². The van der Waals surface area contributed by atoms with Crippen molar-refractivity contribution < 1.29 is 4.79 Å². The van der Waals surface area contributed by atoms with E-state index >= 15 is 0 Å². The van der Waals surface area contributed by atoms with Crippen LogP contribution in [0.1, 0.15) is 50.5 Å². The van der Waals surface area contributed by atoms with Gasteiger partial charge in [0.05, 0.1) is 0 Å². The number of nitrogens with one attached hydrogen (secondary N) is 1. The highest BCUT2D eigenvalue weighted by atomic mass is 16.2. The zero-order valence-corrected chi connectivity index (χ0v) is 15.9. The molecule has 140 valence electrons. The number of para-hydroxylation sites is 1. The number of H-pyrrole nitrogens is 1. The monoisotopic (exact) mass is 353 g/mol. The molecule has 1 amide bonds. The van der Waals surface area contributed by atoms with Crippen LogP contribution >= 0.6 is 0 Å². The summed E-state index contributed by atoms with van der Waals surface area (Å²) in [5.74, 6) is 0.298. The number of fused-ring (bicyclic) bond motifs is 1. The van der Waals surface area contributed by atoms with Crippen LogP contribution in [0.4, 0.5) is 0 Å². The summed E-state index contributed by atoms with van der Waals surface area (Å²) in [5, 5.41) is 1.25. The maximum Gasteiger partial charge on any atom is 0.222 e. The summed E-state index contributed by atoms with van der Waals surface area (Å²) in [6.07, 6.45) is 11.1. The van der Waals surface area contributed by atoms with Crippen molar-refractivity contribution >= 4 is 16.8 Å². The third-order valence-corrected chi connectivity index (χ3v) is 6.48. The SMILES string of the molecule is CN(C(=O)CCc1c[nH]c2ccccc12)C1CCCCC1N1CCCC1. The number of aryl methyl sites for hydroxylation is 1.